The lowest BCUT2D eigenvalue weighted by atomic mass is 10.2. The van der Waals surface area contributed by atoms with Crippen molar-refractivity contribution in [1.29, 1.82) is 10.5 Å². The number of hydrogen-bond acceptors (Lipinski definition) is 6. The highest BCUT2D eigenvalue weighted by atomic mass is 35.5. The zero-order valence-corrected chi connectivity index (χ0v) is 16.5. The van der Waals surface area contributed by atoms with Crippen LogP contribution < -0.4 is 0 Å². The van der Waals surface area contributed by atoms with Crippen LogP contribution in [0.1, 0.15) is 19.8 Å². The van der Waals surface area contributed by atoms with Crippen LogP contribution in [0, 0.1) is 22.7 Å². The van der Waals surface area contributed by atoms with E-state index in [4.69, 9.17) is 22.1 Å². The van der Waals surface area contributed by atoms with Crippen molar-refractivity contribution in [2.75, 3.05) is 18.8 Å². The van der Waals surface area contributed by atoms with E-state index in [1.807, 2.05) is 41.8 Å². The molecule has 0 N–H and O–H groups in total. The summed E-state index contributed by atoms with van der Waals surface area (Å²) in [5.41, 5.74) is 0.861. The van der Waals surface area contributed by atoms with Gasteiger partial charge in [0, 0.05) is 30.2 Å². The van der Waals surface area contributed by atoms with E-state index in [1.165, 1.54) is 11.8 Å². The van der Waals surface area contributed by atoms with Gasteiger partial charge in [-0.25, -0.2) is 0 Å². The molecule has 27 heavy (non-hydrogen) atoms. The molecular formula is C18H19ClN6OS. The number of thioether (sulfide) groups is 1. The van der Waals surface area contributed by atoms with Gasteiger partial charge in [-0.05, 0) is 19.1 Å². The molecule has 0 saturated carbocycles. The highest BCUT2D eigenvalue weighted by Gasteiger charge is 2.18. The number of amides is 1. The Labute approximate surface area is 167 Å². The van der Waals surface area contributed by atoms with Gasteiger partial charge in [0.2, 0.25) is 5.91 Å². The molecule has 1 amide bonds. The Kier molecular flexibility index (Phi) is 8.12. The molecule has 0 fully saturated rings. The maximum Gasteiger partial charge on any atom is 0.233 e. The lowest BCUT2D eigenvalue weighted by molar-refractivity contribution is -0.128. The minimum Gasteiger partial charge on any atom is -0.340 e. The van der Waals surface area contributed by atoms with Crippen LogP contribution in [0.3, 0.4) is 0 Å². The summed E-state index contributed by atoms with van der Waals surface area (Å²) in [4.78, 5) is 14.0. The molecule has 0 spiro atoms. The monoisotopic (exact) mass is 402 g/mol. The van der Waals surface area contributed by atoms with Crippen molar-refractivity contribution < 1.29 is 4.79 Å². The van der Waals surface area contributed by atoms with Crippen molar-refractivity contribution in [1.82, 2.24) is 19.7 Å². The van der Waals surface area contributed by atoms with Crippen molar-refractivity contribution in [2.45, 2.75) is 31.5 Å². The van der Waals surface area contributed by atoms with Crippen molar-refractivity contribution in [3.63, 3.8) is 0 Å². The molecule has 0 atom stereocenters. The van der Waals surface area contributed by atoms with Crippen molar-refractivity contribution in [3.05, 3.63) is 29.3 Å². The topological polar surface area (TPSA) is 98.6 Å². The van der Waals surface area contributed by atoms with E-state index in [1.54, 1.807) is 11.0 Å². The van der Waals surface area contributed by atoms with Crippen molar-refractivity contribution in [3.8, 4) is 23.5 Å². The number of carbonyl (C=O) groups is 1. The summed E-state index contributed by atoms with van der Waals surface area (Å²) in [6.45, 7) is 3.28. The zero-order valence-electron chi connectivity index (χ0n) is 14.9. The first-order valence-electron chi connectivity index (χ1n) is 8.44. The average Bonchev–Trinajstić information content (AvgIpc) is 3.09. The second-order valence-corrected chi connectivity index (χ2v) is 6.93. The minimum absolute atomic E-state index is 0.125. The van der Waals surface area contributed by atoms with Gasteiger partial charge in [-0.15, -0.1) is 10.2 Å². The van der Waals surface area contributed by atoms with Crippen molar-refractivity contribution >= 4 is 29.3 Å². The molecule has 0 bridgehead atoms. The van der Waals surface area contributed by atoms with E-state index >= 15 is 0 Å². The summed E-state index contributed by atoms with van der Waals surface area (Å²) in [5.74, 6) is 0.742. The number of nitriles is 2. The molecule has 2 rings (SSSR count). The van der Waals surface area contributed by atoms with E-state index < -0.39 is 0 Å². The summed E-state index contributed by atoms with van der Waals surface area (Å²) >= 11 is 7.35. The van der Waals surface area contributed by atoms with E-state index in [9.17, 15) is 4.79 Å². The molecule has 1 aromatic heterocycles. The minimum atomic E-state index is -0.125. The summed E-state index contributed by atoms with van der Waals surface area (Å²) in [6.07, 6.45) is 0.484. The van der Waals surface area contributed by atoms with Gasteiger partial charge >= 0.3 is 0 Å². The Balaban J connectivity index is 2.10. The van der Waals surface area contributed by atoms with Gasteiger partial charge < -0.3 is 9.47 Å². The SMILES string of the molecule is CCn1c(SCC(=O)N(CCC#N)CCC#N)nnc1-c1cccc(Cl)c1. The smallest absolute Gasteiger partial charge is 0.233 e. The van der Waals surface area contributed by atoms with Crippen LogP contribution in [0.4, 0.5) is 0 Å². The number of aromatic nitrogens is 3. The lowest BCUT2D eigenvalue weighted by Gasteiger charge is -2.20. The quantitative estimate of drug-likeness (QED) is 0.596. The maximum absolute atomic E-state index is 12.5. The largest absolute Gasteiger partial charge is 0.340 e. The first kappa shape index (κ1) is 20.8. The third-order valence-electron chi connectivity index (χ3n) is 3.78. The number of benzene rings is 1. The molecular weight excluding hydrogens is 384 g/mol. The molecule has 0 aliphatic carbocycles. The van der Waals surface area contributed by atoms with Gasteiger partial charge in [0.25, 0.3) is 0 Å². The molecule has 9 heteroatoms. The van der Waals surface area contributed by atoms with Crippen LogP contribution in [-0.2, 0) is 11.3 Å². The molecule has 2 aromatic rings. The zero-order chi connectivity index (χ0) is 19.6. The average molecular weight is 403 g/mol. The lowest BCUT2D eigenvalue weighted by Crippen LogP contribution is -2.34. The Bertz CT molecular complexity index is 851. The van der Waals surface area contributed by atoms with Crippen LogP contribution in [0.2, 0.25) is 5.02 Å². The Morgan fingerprint density at radius 3 is 2.56 bits per heavy atom. The molecule has 0 radical (unpaired) electrons. The van der Waals surface area contributed by atoms with Gasteiger partial charge in [-0.3, -0.25) is 4.79 Å². The van der Waals surface area contributed by atoms with Gasteiger partial charge in [0.05, 0.1) is 30.7 Å². The Morgan fingerprint density at radius 2 is 1.96 bits per heavy atom. The summed E-state index contributed by atoms with van der Waals surface area (Å²) in [5, 5.41) is 27.2. The van der Waals surface area contributed by atoms with E-state index in [0.717, 1.165) is 5.56 Å². The number of halogens is 1. The fraction of sp³-hybridized carbons (Fsp3) is 0.389. The second-order valence-electron chi connectivity index (χ2n) is 5.55. The summed E-state index contributed by atoms with van der Waals surface area (Å²) in [6, 6.07) is 11.4. The molecule has 1 aromatic carbocycles. The fourth-order valence-electron chi connectivity index (χ4n) is 2.47. The fourth-order valence-corrected chi connectivity index (χ4v) is 3.57. The van der Waals surface area contributed by atoms with E-state index in [0.29, 0.717) is 35.6 Å². The highest BCUT2D eigenvalue weighted by molar-refractivity contribution is 7.99. The molecule has 0 unspecified atom stereocenters. The first-order chi connectivity index (χ1) is 13.1. The molecule has 1 heterocycles. The molecule has 140 valence electrons. The molecule has 0 aliphatic rings. The molecule has 7 nitrogen and oxygen atoms in total. The third kappa shape index (κ3) is 5.72. The van der Waals surface area contributed by atoms with Crippen LogP contribution in [0.25, 0.3) is 11.4 Å². The van der Waals surface area contributed by atoms with Gasteiger partial charge in [-0.1, -0.05) is 35.5 Å². The predicted octanol–water partition coefficient (Wildman–Crippen LogP) is 3.37. The predicted molar refractivity (Wildman–Crippen MR) is 104 cm³/mol. The Hall–Kier alpha value is -2.55. The van der Waals surface area contributed by atoms with Gasteiger partial charge in [-0.2, -0.15) is 10.5 Å². The standard InChI is InChI=1S/C18H19ClN6OS/c1-2-25-17(14-6-3-7-15(19)12-14)22-23-18(25)27-13-16(26)24(10-4-8-20)11-5-9-21/h3,6-7,12H,2,4-5,10-11,13H2,1H3. The van der Waals surface area contributed by atoms with E-state index in [2.05, 4.69) is 10.2 Å². The third-order valence-corrected chi connectivity index (χ3v) is 4.97. The summed E-state index contributed by atoms with van der Waals surface area (Å²) in [7, 11) is 0. The van der Waals surface area contributed by atoms with Crippen molar-refractivity contribution in [2.24, 2.45) is 0 Å². The number of carbonyl (C=O) groups excluding carboxylic acids is 1. The second kappa shape index (κ2) is 10.6. The highest BCUT2D eigenvalue weighted by Crippen LogP contribution is 2.26. The summed E-state index contributed by atoms with van der Waals surface area (Å²) < 4.78 is 1.93. The van der Waals surface area contributed by atoms with E-state index in [-0.39, 0.29) is 24.5 Å². The molecule has 0 aliphatic heterocycles. The first-order valence-corrected chi connectivity index (χ1v) is 9.80. The Morgan fingerprint density at radius 1 is 1.26 bits per heavy atom. The van der Waals surface area contributed by atoms with Gasteiger partial charge in [0.15, 0.2) is 11.0 Å². The van der Waals surface area contributed by atoms with Crippen LogP contribution in [0.15, 0.2) is 29.4 Å². The van der Waals surface area contributed by atoms with Crippen LogP contribution in [-0.4, -0.2) is 44.4 Å². The normalized spacial score (nSPS) is 10.2. The van der Waals surface area contributed by atoms with Crippen LogP contribution >= 0.6 is 23.4 Å². The van der Waals surface area contributed by atoms with Crippen LogP contribution in [0.5, 0.6) is 0 Å². The number of hydrogen-bond donors (Lipinski definition) is 0. The maximum atomic E-state index is 12.5. The number of nitrogens with zero attached hydrogens (tertiary/aromatic N) is 6. The molecule has 0 saturated heterocycles. The number of rotatable bonds is 9. The van der Waals surface area contributed by atoms with Gasteiger partial charge in [0.1, 0.15) is 0 Å².